The molecule has 178 valence electrons. The third-order valence-electron chi connectivity index (χ3n) is 7.36. The molecule has 9 heteroatoms. The molecule has 4 rings (SSSR count). The smallest absolute Gasteiger partial charge is 0.399 e. The summed E-state index contributed by atoms with van der Waals surface area (Å²) in [6.07, 6.45) is 1.59. The van der Waals surface area contributed by atoms with Crippen LogP contribution in [0.1, 0.15) is 69.4 Å². The maximum atomic E-state index is 15.9. The number of nitrogens with zero attached hydrogens (tertiary/aromatic N) is 2. The molecule has 7 nitrogen and oxygen atoms in total. The van der Waals surface area contributed by atoms with Crippen molar-refractivity contribution in [3.63, 3.8) is 0 Å². The Bertz CT molecular complexity index is 1090. The van der Waals surface area contributed by atoms with E-state index < -0.39 is 24.1 Å². The van der Waals surface area contributed by atoms with Gasteiger partial charge in [0.2, 0.25) is 5.91 Å². The number of rotatable bonds is 3. The molecule has 2 aliphatic heterocycles. The second-order valence-corrected chi connectivity index (χ2v) is 10.4. The lowest BCUT2D eigenvalue weighted by Gasteiger charge is -2.32. The van der Waals surface area contributed by atoms with Gasteiger partial charge in [-0.1, -0.05) is 6.07 Å². The number of piperidine rings is 1. The average molecular weight is 457 g/mol. The molecule has 2 amide bonds. The van der Waals surface area contributed by atoms with Gasteiger partial charge in [-0.2, -0.15) is 0 Å². The van der Waals surface area contributed by atoms with Crippen LogP contribution in [-0.4, -0.2) is 72.1 Å². The van der Waals surface area contributed by atoms with Crippen molar-refractivity contribution in [1.29, 1.82) is 0 Å². The maximum Gasteiger partial charge on any atom is 0.495 e. The van der Waals surface area contributed by atoms with E-state index in [0.29, 0.717) is 35.2 Å². The zero-order valence-electron chi connectivity index (χ0n) is 20.5. The number of hydrogen-bond acceptors (Lipinski definition) is 4. The third kappa shape index (κ3) is 4.06. The Morgan fingerprint density at radius 2 is 1.82 bits per heavy atom. The van der Waals surface area contributed by atoms with E-state index in [1.807, 2.05) is 33.8 Å². The SMILES string of the molecule is CC(=O)N1CCC[C@H](c2cc(B3OC(C)(C)C(C)(C)O3)c3cc(C(=O)N(C)C)[nH]c3c2F)C1. The molecule has 3 heterocycles. The van der Waals surface area contributed by atoms with Crippen molar-refractivity contribution >= 4 is 35.3 Å². The number of aromatic amines is 1. The summed E-state index contributed by atoms with van der Waals surface area (Å²) in [7, 11) is 2.61. The number of halogens is 1. The van der Waals surface area contributed by atoms with Gasteiger partial charge in [0.25, 0.3) is 5.91 Å². The summed E-state index contributed by atoms with van der Waals surface area (Å²) in [6, 6.07) is 3.49. The van der Waals surface area contributed by atoms with E-state index in [9.17, 15) is 9.59 Å². The van der Waals surface area contributed by atoms with Crippen molar-refractivity contribution in [2.75, 3.05) is 27.2 Å². The van der Waals surface area contributed by atoms with Gasteiger partial charge in [0, 0.05) is 45.4 Å². The second-order valence-electron chi connectivity index (χ2n) is 10.4. The number of nitrogens with one attached hydrogen (secondary N) is 1. The highest BCUT2D eigenvalue weighted by Crippen LogP contribution is 2.38. The van der Waals surface area contributed by atoms with Crippen LogP contribution in [-0.2, 0) is 14.1 Å². The molecule has 1 atom stereocenters. The Morgan fingerprint density at radius 1 is 1.18 bits per heavy atom. The van der Waals surface area contributed by atoms with Gasteiger partial charge in [-0.25, -0.2) is 4.39 Å². The molecule has 0 unspecified atom stereocenters. The zero-order chi connectivity index (χ0) is 24.3. The lowest BCUT2D eigenvalue weighted by Crippen LogP contribution is -2.41. The van der Waals surface area contributed by atoms with E-state index >= 15 is 4.39 Å². The van der Waals surface area contributed by atoms with Crippen LogP contribution in [0.25, 0.3) is 10.9 Å². The Balaban J connectivity index is 1.87. The maximum absolute atomic E-state index is 15.9. The highest BCUT2D eigenvalue weighted by atomic mass is 19.1. The minimum Gasteiger partial charge on any atom is -0.399 e. The van der Waals surface area contributed by atoms with Gasteiger partial charge in [-0.05, 0) is 57.6 Å². The van der Waals surface area contributed by atoms with Gasteiger partial charge in [0.1, 0.15) is 5.69 Å². The molecule has 2 fully saturated rings. The van der Waals surface area contributed by atoms with Gasteiger partial charge in [0.05, 0.1) is 16.7 Å². The van der Waals surface area contributed by atoms with E-state index in [1.165, 1.54) is 4.90 Å². The number of carbonyl (C=O) groups excluding carboxylic acids is 2. The van der Waals surface area contributed by atoms with Crippen molar-refractivity contribution in [1.82, 2.24) is 14.8 Å². The molecule has 0 spiro atoms. The molecule has 1 N–H and O–H groups in total. The van der Waals surface area contributed by atoms with Crippen LogP contribution in [0.3, 0.4) is 0 Å². The van der Waals surface area contributed by atoms with Crippen LogP contribution in [0.4, 0.5) is 4.39 Å². The van der Waals surface area contributed by atoms with Crippen molar-refractivity contribution < 1.29 is 23.3 Å². The largest absolute Gasteiger partial charge is 0.495 e. The molecule has 0 saturated carbocycles. The predicted molar refractivity (Wildman–Crippen MR) is 126 cm³/mol. The van der Waals surface area contributed by atoms with Crippen molar-refractivity contribution in [3.05, 3.63) is 29.2 Å². The van der Waals surface area contributed by atoms with E-state index in [-0.39, 0.29) is 23.2 Å². The van der Waals surface area contributed by atoms with E-state index in [0.717, 1.165) is 12.8 Å². The number of fused-ring (bicyclic) bond motifs is 1. The van der Waals surface area contributed by atoms with E-state index in [2.05, 4.69) is 4.98 Å². The second kappa shape index (κ2) is 8.13. The highest BCUT2D eigenvalue weighted by Gasteiger charge is 2.52. The number of aromatic nitrogens is 1. The summed E-state index contributed by atoms with van der Waals surface area (Å²) in [6.45, 7) is 10.6. The number of benzene rings is 1. The molecule has 0 aliphatic carbocycles. The van der Waals surface area contributed by atoms with Gasteiger partial charge in [-0.3, -0.25) is 9.59 Å². The lowest BCUT2D eigenvalue weighted by molar-refractivity contribution is -0.130. The molecular formula is C24H33BFN3O4. The molecule has 1 aromatic carbocycles. The number of likely N-dealkylation sites (tertiary alicyclic amines) is 1. The number of amides is 2. The number of H-pyrrole nitrogens is 1. The van der Waals surface area contributed by atoms with Gasteiger partial charge >= 0.3 is 7.12 Å². The van der Waals surface area contributed by atoms with Crippen molar-refractivity contribution in [2.24, 2.45) is 0 Å². The fourth-order valence-corrected chi connectivity index (χ4v) is 4.64. The van der Waals surface area contributed by atoms with Gasteiger partial charge in [0.15, 0.2) is 5.82 Å². The Labute approximate surface area is 194 Å². The molecule has 2 aromatic rings. The van der Waals surface area contributed by atoms with Gasteiger partial charge in [-0.15, -0.1) is 0 Å². The summed E-state index contributed by atoms with van der Waals surface area (Å²) in [5, 5.41) is 0.569. The summed E-state index contributed by atoms with van der Waals surface area (Å²) in [5.41, 5.74) is 0.652. The normalized spacial score (nSPS) is 22.1. The summed E-state index contributed by atoms with van der Waals surface area (Å²) < 4.78 is 28.5. The lowest BCUT2D eigenvalue weighted by atomic mass is 9.74. The van der Waals surface area contributed by atoms with E-state index in [4.69, 9.17) is 9.31 Å². The van der Waals surface area contributed by atoms with Crippen LogP contribution in [0.5, 0.6) is 0 Å². The number of hydrogen-bond donors (Lipinski definition) is 1. The molecule has 2 aliphatic rings. The fourth-order valence-electron chi connectivity index (χ4n) is 4.64. The standard InChI is InChI=1S/C24H33BFN3O4/c1-14(30)29-10-8-9-15(13-29)16-11-18(25-32-23(2,3)24(4,5)33-25)17-12-19(22(31)28(6)7)27-21(17)20(16)26/h11-12,15,27H,8-10,13H2,1-7H3/t15-/m0/s1. The first-order chi connectivity index (χ1) is 15.3. The summed E-state index contributed by atoms with van der Waals surface area (Å²) in [5.74, 6) is -0.790. The minimum absolute atomic E-state index is 0.00823. The zero-order valence-corrected chi connectivity index (χ0v) is 20.5. The fraction of sp³-hybridized carbons (Fsp3) is 0.583. The third-order valence-corrected chi connectivity index (χ3v) is 7.36. The first-order valence-corrected chi connectivity index (χ1v) is 11.5. The summed E-state index contributed by atoms with van der Waals surface area (Å²) in [4.78, 5) is 30.8. The predicted octanol–water partition coefficient (Wildman–Crippen LogP) is 3.03. The first kappa shape index (κ1) is 23.8. The van der Waals surface area contributed by atoms with Crippen molar-refractivity contribution in [2.45, 2.75) is 64.6 Å². The van der Waals surface area contributed by atoms with Crippen LogP contribution in [0.2, 0.25) is 0 Å². The molecular weight excluding hydrogens is 424 g/mol. The first-order valence-electron chi connectivity index (χ1n) is 11.5. The molecule has 0 radical (unpaired) electrons. The molecule has 1 aromatic heterocycles. The van der Waals surface area contributed by atoms with Crippen LogP contribution < -0.4 is 5.46 Å². The van der Waals surface area contributed by atoms with Crippen LogP contribution in [0, 0.1) is 5.82 Å². The average Bonchev–Trinajstić information content (AvgIpc) is 3.26. The Hall–Kier alpha value is -2.39. The Morgan fingerprint density at radius 3 is 2.39 bits per heavy atom. The molecule has 2 saturated heterocycles. The van der Waals surface area contributed by atoms with Gasteiger partial charge < -0.3 is 24.1 Å². The van der Waals surface area contributed by atoms with Crippen LogP contribution >= 0.6 is 0 Å². The highest BCUT2D eigenvalue weighted by molar-refractivity contribution is 6.65. The van der Waals surface area contributed by atoms with Crippen molar-refractivity contribution in [3.8, 4) is 0 Å². The molecule has 33 heavy (non-hydrogen) atoms. The quantitative estimate of drug-likeness (QED) is 0.720. The monoisotopic (exact) mass is 457 g/mol. The Kier molecular flexibility index (Phi) is 5.85. The topological polar surface area (TPSA) is 74.9 Å². The van der Waals surface area contributed by atoms with E-state index in [1.54, 1.807) is 32.0 Å². The summed E-state index contributed by atoms with van der Waals surface area (Å²) >= 11 is 0. The minimum atomic E-state index is -0.706. The number of carbonyl (C=O) groups is 2. The molecule has 0 bridgehead atoms. The van der Waals surface area contributed by atoms with Crippen LogP contribution in [0.15, 0.2) is 12.1 Å².